The summed E-state index contributed by atoms with van der Waals surface area (Å²) in [5.74, 6) is -0.272. The zero-order valence-corrected chi connectivity index (χ0v) is 12.8. The van der Waals surface area contributed by atoms with Gasteiger partial charge in [-0.25, -0.2) is 4.98 Å². The molecule has 0 spiro atoms. The monoisotopic (exact) mass is 338 g/mol. The van der Waals surface area contributed by atoms with Crippen molar-refractivity contribution in [3.05, 3.63) is 56.8 Å². The van der Waals surface area contributed by atoms with Gasteiger partial charge in [0, 0.05) is 16.4 Å². The molecule has 1 aromatic heterocycles. The standard InChI is InChI=1S/C14H12BrClN2O/c1-8-3-4-12(9(2)5-8)18-14(19)11-6-10(15)7-17-13(11)16/h3-7H,1-2H3,(H,18,19). The minimum Gasteiger partial charge on any atom is -0.322 e. The Bertz CT molecular complexity index is 643. The normalized spacial score (nSPS) is 10.3. The molecule has 19 heavy (non-hydrogen) atoms. The molecule has 1 heterocycles. The number of anilines is 1. The number of nitrogens with one attached hydrogen (secondary N) is 1. The van der Waals surface area contributed by atoms with Gasteiger partial charge in [-0.3, -0.25) is 4.79 Å². The second-order valence-electron chi connectivity index (χ2n) is 4.26. The Morgan fingerprint density at radius 3 is 2.74 bits per heavy atom. The third kappa shape index (κ3) is 3.33. The minimum absolute atomic E-state index is 0.186. The van der Waals surface area contributed by atoms with Gasteiger partial charge in [-0.15, -0.1) is 0 Å². The Balaban J connectivity index is 2.28. The number of carbonyl (C=O) groups excluding carboxylic acids is 1. The molecule has 0 unspecified atom stereocenters. The zero-order valence-electron chi connectivity index (χ0n) is 10.5. The molecule has 5 heteroatoms. The van der Waals surface area contributed by atoms with E-state index in [1.165, 1.54) is 0 Å². The van der Waals surface area contributed by atoms with Crippen LogP contribution in [0.4, 0.5) is 5.69 Å². The van der Waals surface area contributed by atoms with Crippen LogP contribution in [0.3, 0.4) is 0 Å². The van der Waals surface area contributed by atoms with Crippen LogP contribution < -0.4 is 5.32 Å². The summed E-state index contributed by atoms with van der Waals surface area (Å²) in [5.41, 5.74) is 3.27. The van der Waals surface area contributed by atoms with Crippen molar-refractivity contribution in [1.82, 2.24) is 4.98 Å². The van der Waals surface area contributed by atoms with Crippen molar-refractivity contribution in [2.24, 2.45) is 0 Å². The van der Waals surface area contributed by atoms with Crippen LogP contribution in [0, 0.1) is 13.8 Å². The molecule has 0 fully saturated rings. The van der Waals surface area contributed by atoms with Crippen LogP contribution >= 0.6 is 27.5 Å². The third-order valence-corrected chi connectivity index (χ3v) is 3.42. The van der Waals surface area contributed by atoms with Crippen LogP contribution in [0.5, 0.6) is 0 Å². The maximum Gasteiger partial charge on any atom is 0.258 e. The lowest BCUT2D eigenvalue weighted by molar-refractivity contribution is 0.102. The number of halogens is 2. The molecule has 2 rings (SSSR count). The van der Waals surface area contributed by atoms with E-state index >= 15 is 0 Å². The molecular weight excluding hydrogens is 328 g/mol. The van der Waals surface area contributed by atoms with Crippen LogP contribution in [0.2, 0.25) is 5.15 Å². The van der Waals surface area contributed by atoms with Gasteiger partial charge in [0.1, 0.15) is 5.15 Å². The van der Waals surface area contributed by atoms with E-state index in [1.54, 1.807) is 12.3 Å². The number of benzene rings is 1. The van der Waals surface area contributed by atoms with Crippen LogP contribution in [-0.2, 0) is 0 Å². The SMILES string of the molecule is Cc1ccc(NC(=O)c2cc(Br)cnc2Cl)c(C)c1. The van der Waals surface area contributed by atoms with Gasteiger partial charge >= 0.3 is 0 Å². The van der Waals surface area contributed by atoms with E-state index in [4.69, 9.17) is 11.6 Å². The van der Waals surface area contributed by atoms with Crippen molar-refractivity contribution in [3.8, 4) is 0 Å². The molecule has 0 aliphatic rings. The molecule has 0 saturated carbocycles. The smallest absolute Gasteiger partial charge is 0.258 e. The molecule has 2 aromatic rings. The second kappa shape index (κ2) is 5.72. The predicted molar refractivity (Wildman–Crippen MR) is 80.8 cm³/mol. The van der Waals surface area contributed by atoms with Crippen LogP contribution in [0.1, 0.15) is 21.5 Å². The third-order valence-electron chi connectivity index (χ3n) is 2.68. The average molecular weight is 340 g/mol. The van der Waals surface area contributed by atoms with E-state index in [2.05, 4.69) is 26.2 Å². The van der Waals surface area contributed by atoms with E-state index in [9.17, 15) is 4.79 Å². The number of amides is 1. The zero-order chi connectivity index (χ0) is 14.0. The van der Waals surface area contributed by atoms with Gasteiger partial charge in [-0.05, 0) is 47.5 Å². The first-order valence-electron chi connectivity index (χ1n) is 5.67. The first kappa shape index (κ1) is 14.0. The lowest BCUT2D eigenvalue weighted by atomic mass is 10.1. The molecule has 0 saturated heterocycles. The first-order valence-corrected chi connectivity index (χ1v) is 6.84. The van der Waals surface area contributed by atoms with Gasteiger partial charge < -0.3 is 5.32 Å². The van der Waals surface area contributed by atoms with E-state index in [0.29, 0.717) is 10.0 Å². The fourth-order valence-electron chi connectivity index (χ4n) is 1.73. The second-order valence-corrected chi connectivity index (χ2v) is 5.54. The van der Waals surface area contributed by atoms with Crippen LogP contribution in [0.25, 0.3) is 0 Å². The first-order chi connectivity index (χ1) is 8.97. The topological polar surface area (TPSA) is 42.0 Å². The summed E-state index contributed by atoms with van der Waals surface area (Å²) in [4.78, 5) is 16.1. The van der Waals surface area contributed by atoms with Gasteiger partial charge in [-0.2, -0.15) is 0 Å². The average Bonchev–Trinajstić information content (AvgIpc) is 2.35. The van der Waals surface area contributed by atoms with Crippen molar-refractivity contribution in [1.29, 1.82) is 0 Å². The summed E-state index contributed by atoms with van der Waals surface area (Å²) in [6.45, 7) is 3.96. The predicted octanol–water partition coefficient (Wildman–Crippen LogP) is 4.37. The highest BCUT2D eigenvalue weighted by Crippen LogP contribution is 2.21. The summed E-state index contributed by atoms with van der Waals surface area (Å²) < 4.78 is 0.711. The highest BCUT2D eigenvalue weighted by Gasteiger charge is 2.13. The van der Waals surface area contributed by atoms with Crippen molar-refractivity contribution in [3.63, 3.8) is 0 Å². The van der Waals surface area contributed by atoms with Gasteiger partial charge in [0.05, 0.1) is 5.56 Å². The lowest BCUT2D eigenvalue weighted by Gasteiger charge is -2.10. The van der Waals surface area contributed by atoms with Crippen LogP contribution in [-0.4, -0.2) is 10.9 Å². The Hall–Kier alpha value is -1.39. The summed E-state index contributed by atoms with van der Waals surface area (Å²) >= 11 is 9.20. The largest absolute Gasteiger partial charge is 0.322 e. The minimum atomic E-state index is -0.272. The molecule has 98 valence electrons. The molecule has 1 N–H and O–H groups in total. The van der Waals surface area contributed by atoms with E-state index < -0.39 is 0 Å². The van der Waals surface area contributed by atoms with E-state index in [-0.39, 0.29) is 11.1 Å². The number of hydrogen-bond donors (Lipinski definition) is 1. The number of pyridine rings is 1. The Kier molecular flexibility index (Phi) is 4.22. The number of aryl methyl sites for hydroxylation is 2. The molecule has 0 atom stereocenters. The van der Waals surface area contributed by atoms with Crippen molar-refractivity contribution in [2.75, 3.05) is 5.32 Å². The number of nitrogens with zero attached hydrogens (tertiary/aromatic N) is 1. The molecule has 0 bridgehead atoms. The highest BCUT2D eigenvalue weighted by atomic mass is 79.9. The van der Waals surface area contributed by atoms with Crippen LogP contribution in [0.15, 0.2) is 34.9 Å². The number of aromatic nitrogens is 1. The summed E-state index contributed by atoms with van der Waals surface area (Å²) in [5, 5.41) is 3.02. The Morgan fingerprint density at radius 1 is 1.32 bits per heavy atom. The molecule has 0 radical (unpaired) electrons. The van der Waals surface area contributed by atoms with Crippen molar-refractivity contribution < 1.29 is 4.79 Å². The summed E-state index contributed by atoms with van der Waals surface area (Å²) in [7, 11) is 0. The fourth-order valence-corrected chi connectivity index (χ4v) is 2.25. The number of rotatable bonds is 2. The van der Waals surface area contributed by atoms with Gasteiger partial charge in [0.2, 0.25) is 0 Å². The molecule has 3 nitrogen and oxygen atoms in total. The quantitative estimate of drug-likeness (QED) is 0.826. The fraction of sp³-hybridized carbons (Fsp3) is 0.143. The maximum absolute atomic E-state index is 12.2. The molecule has 0 aliphatic carbocycles. The maximum atomic E-state index is 12.2. The van der Waals surface area contributed by atoms with E-state index in [1.807, 2.05) is 32.0 Å². The summed E-state index contributed by atoms with van der Waals surface area (Å²) in [6.07, 6.45) is 1.55. The number of carbonyl (C=O) groups is 1. The van der Waals surface area contributed by atoms with E-state index in [0.717, 1.165) is 16.8 Å². The molecule has 1 aromatic carbocycles. The molecular formula is C14H12BrClN2O. The number of hydrogen-bond acceptors (Lipinski definition) is 2. The van der Waals surface area contributed by atoms with Gasteiger partial charge in [0.15, 0.2) is 0 Å². The highest BCUT2D eigenvalue weighted by molar-refractivity contribution is 9.10. The molecule has 1 amide bonds. The van der Waals surface area contributed by atoms with Crippen molar-refractivity contribution >= 4 is 39.1 Å². The summed E-state index contributed by atoms with van der Waals surface area (Å²) in [6, 6.07) is 7.48. The molecule has 0 aliphatic heterocycles. The lowest BCUT2D eigenvalue weighted by Crippen LogP contribution is -2.14. The van der Waals surface area contributed by atoms with Gasteiger partial charge in [0.25, 0.3) is 5.91 Å². The van der Waals surface area contributed by atoms with Gasteiger partial charge in [-0.1, -0.05) is 29.3 Å². The Labute approximate surface area is 125 Å². The van der Waals surface area contributed by atoms with Crippen molar-refractivity contribution in [2.45, 2.75) is 13.8 Å². The Morgan fingerprint density at radius 2 is 2.05 bits per heavy atom.